The Kier molecular flexibility index (Phi) is 3.37. The zero-order valence-electron chi connectivity index (χ0n) is 9.71. The fourth-order valence-corrected chi connectivity index (χ4v) is 1.73. The van der Waals surface area contributed by atoms with Crippen molar-refractivity contribution in [1.29, 1.82) is 0 Å². The second kappa shape index (κ2) is 4.96. The van der Waals surface area contributed by atoms with Crippen LogP contribution < -0.4 is 5.32 Å². The smallest absolute Gasteiger partial charge is 0.221 e. The number of carbonyl (C=O) groups is 1. The molecule has 2 rings (SSSR count). The molecule has 0 aliphatic heterocycles. The first-order valence-electron chi connectivity index (χ1n) is 5.40. The van der Waals surface area contributed by atoms with E-state index in [1.807, 2.05) is 0 Å². The third kappa shape index (κ3) is 2.53. The van der Waals surface area contributed by atoms with Crippen LogP contribution in [0.3, 0.4) is 0 Å². The summed E-state index contributed by atoms with van der Waals surface area (Å²) in [5, 5.41) is 2.35. The van der Waals surface area contributed by atoms with Crippen LogP contribution in [-0.2, 0) is 4.79 Å². The van der Waals surface area contributed by atoms with Crippen LogP contribution in [0, 0.1) is 11.6 Å². The summed E-state index contributed by atoms with van der Waals surface area (Å²) in [6.07, 6.45) is 0. The highest BCUT2D eigenvalue weighted by Gasteiger charge is 2.13. The summed E-state index contributed by atoms with van der Waals surface area (Å²) in [6, 6.07) is 10.6. The van der Waals surface area contributed by atoms with Gasteiger partial charge in [-0.1, -0.05) is 30.3 Å². The van der Waals surface area contributed by atoms with E-state index in [1.165, 1.54) is 6.92 Å². The number of amides is 1. The second-order valence-corrected chi connectivity index (χ2v) is 3.86. The van der Waals surface area contributed by atoms with Crippen molar-refractivity contribution in [3.63, 3.8) is 0 Å². The Morgan fingerprint density at radius 1 is 1.06 bits per heavy atom. The number of halogens is 2. The van der Waals surface area contributed by atoms with E-state index in [4.69, 9.17) is 0 Å². The number of anilines is 1. The molecule has 2 aromatic rings. The molecule has 1 amide bonds. The summed E-state index contributed by atoms with van der Waals surface area (Å²) in [5.74, 6) is -1.78. The van der Waals surface area contributed by atoms with Gasteiger partial charge in [0, 0.05) is 12.6 Å². The van der Waals surface area contributed by atoms with Crippen LogP contribution in [0.4, 0.5) is 14.5 Å². The zero-order valence-corrected chi connectivity index (χ0v) is 9.71. The lowest BCUT2D eigenvalue weighted by atomic mass is 10.0. The molecular formula is C14H11F2NO. The minimum Gasteiger partial charge on any atom is -0.326 e. The minimum absolute atomic E-state index is 0.0929. The zero-order chi connectivity index (χ0) is 13.1. The van der Waals surface area contributed by atoms with E-state index in [0.29, 0.717) is 5.56 Å². The van der Waals surface area contributed by atoms with E-state index in [0.717, 1.165) is 12.1 Å². The van der Waals surface area contributed by atoms with Crippen molar-refractivity contribution in [2.75, 3.05) is 5.32 Å². The van der Waals surface area contributed by atoms with Crippen molar-refractivity contribution < 1.29 is 13.6 Å². The van der Waals surface area contributed by atoms with E-state index in [1.54, 1.807) is 30.3 Å². The normalized spacial score (nSPS) is 10.2. The van der Waals surface area contributed by atoms with Gasteiger partial charge in [0.05, 0.1) is 5.56 Å². The maximum Gasteiger partial charge on any atom is 0.221 e. The molecule has 0 bridgehead atoms. The van der Waals surface area contributed by atoms with E-state index in [9.17, 15) is 13.6 Å². The molecule has 0 saturated heterocycles. The molecule has 0 heterocycles. The average Bonchev–Trinajstić information content (AvgIpc) is 2.28. The largest absolute Gasteiger partial charge is 0.326 e. The number of hydrogen-bond acceptors (Lipinski definition) is 1. The van der Waals surface area contributed by atoms with Gasteiger partial charge in [0.15, 0.2) is 0 Å². The number of nitrogens with one attached hydrogen (secondary N) is 1. The molecule has 0 radical (unpaired) electrons. The summed E-state index contributed by atoms with van der Waals surface area (Å²) in [7, 11) is 0. The third-order valence-electron chi connectivity index (χ3n) is 2.42. The fraction of sp³-hybridized carbons (Fsp3) is 0.0714. The van der Waals surface area contributed by atoms with Crippen LogP contribution >= 0.6 is 0 Å². The lowest BCUT2D eigenvalue weighted by Gasteiger charge is -2.08. The van der Waals surface area contributed by atoms with Crippen LogP contribution in [0.15, 0.2) is 42.5 Å². The number of hydrogen-bond donors (Lipinski definition) is 1. The Labute approximate surface area is 103 Å². The monoisotopic (exact) mass is 247 g/mol. The van der Waals surface area contributed by atoms with Gasteiger partial charge >= 0.3 is 0 Å². The standard InChI is InChI=1S/C14H11F2NO/c1-9(18)17-11-7-12(15)14(13(16)8-11)10-5-3-2-4-6-10/h2-8H,1H3,(H,17,18). The van der Waals surface area contributed by atoms with Gasteiger partial charge in [0.2, 0.25) is 5.91 Å². The van der Waals surface area contributed by atoms with Crippen LogP contribution in [0.1, 0.15) is 6.92 Å². The molecule has 0 fully saturated rings. The first kappa shape index (κ1) is 12.2. The molecule has 0 atom stereocenters. The maximum atomic E-state index is 13.9. The molecular weight excluding hydrogens is 236 g/mol. The van der Waals surface area contributed by atoms with Gasteiger partial charge < -0.3 is 5.32 Å². The van der Waals surface area contributed by atoms with Crippen molar-refractivity contribution in [2.24, 2.45) is 0 Å². The topological polar surface area (TPSA) is 29.1 Å². The molecule has 0 saturated carbocycles. The summed E-state index contributed by atoms with van der Waals surface area (Å²) >= 11 is 0. The van der Waals surface area contributed by atoms with Crippen LogP contribution in [0.5, 0.6) is 0 Å². The lowest BCUT2D eigenvalue weighted by molar-refractivity contribution is -0.114. The highest BCUT2D eigenvalue weighted by Crippen LogP contribution is 2.28. The van der Waals surface area contributed by atoms with Crippen LogP contribution in [0.2, 0.25) is 0 Å². The second-order valence-electron chi connectivity index (χ2n) is 3.86. The van der Waals surface area contributed by atoms with Gasteiger partial charge in [0.1, 0.15) is 11.6 Å². The first-order valence-corrected chi connectivity index (χ1v) is 5.40. The SMILES string of the molecule is CC(=O)Nc1cc(F)c(-c2ccccc2)c(F)c1. The summed E-state index contributed by atoms with van der Waals surface area (Å²) in [6.45, 7) is 1.28. The Morgan fingerprint density at radius 3 is 2.11 bits per heavy atom. The number of rotatable bonds is 2. The Morgan fingerprint density at radius 2 is 1.61 bits per heavy atom. The third-order valence-corrected chi connectivity index (χ3v) is 2.42. The van der Waals surface area contributed by atoms with Crippen LogP contribution in [0.25, 0.3) is 11.1 Å². The fourth-order valence-electron chi connectivity index (χ4n) is 1.73. The molecule has 0 aliphatic carbocycles. The highest BCUT2D eigenvalue weighted by atomic mass is 19.1. The molecule has 2 nitrogen and oxygen atoms in total. The van der Waals surface area contributed by atoms with Gasteiger partial charge in [-0.2, -0.15) is 0 Å². The van der Waals surface area contributed by atoms with Gasteiger partial charge in [-0.05, 0) is 17.7 Å². The summed E-state index contributed by atoms with van der Waals surface area (Å²) in [5.41, 5.74) is 0.476. The molecule has 0 spiro atoms. The number of carbonyl (C=O) groups excluding carboxylic acids is 1. The Hall–Kier alpha value is -2.23. The van der Waals surface area contributed by atoms with Crippen molar-refractivity contribution in [1.82, 2.24) is 0 Å². The first-order chi connectivity index (χ1) is 8.58. The molecule has 1 N–H and O–H groups in total. The van der Waals surface area contributed by atoms with E-state index in [2.05, 4.69) is 5.32 Å². The Bertz CT molecular complexity index is 559. The van der Waals surface area contributed by atoms with Gasteiger partial charge in [-0.15, -0.1) is 0 Å². The van der Waals surface area contributed by atoms with Gasteiger partial charge in [-0.3, -0.25) is 4.79 Å². The van der Waals surface area contributed by atoms with Crippen molar-refractivity contribution >= 4 is 11.6 Å². The predicted molar refractivity (Wildman–Crippen MR) is 66.1 cm³/mol. The lowest BCUT2D eigenvalue weighted by Crippen LogP contribution is -2.06. The molecule has 18 heavy (non-hydrogen) atoms. The van der Waals surface area contributed by atoms with Crippen molar-refractivity contribution in [3.8, 4) is 11.1 Å². The van der Waals surface area contributed by atoms with E-state index >= 15 is 0 Å². The molecule has 0 unspecified atom stereocenters. The Balaban J connectivity index is 2.48. The molecule has 4 heteroatoms. The molecule has 0 aliphatic rings. The van der Waals surface area contributed by atoms with Gasteiger partial charge in [-0.25, -0.2) is 8.78 Å². The van der Waals surface area contributed by atoms with Gasteiger partial charge in [0.25, 0.3) is 0 Å². The minimum atomic E-state index is -0.704. The average molecular weight is 247 g/mol. The predicted octanol–water partition coefficient (Wildman–Crippen LogP) is 3.59. The highest BCUT2D eigenvalue weighted by molar-refractivity contribution is 5.89. The van der Waals surface area contributed by atoms with Crippen LogP contribution in [-0.4, -0.2) is 5.91 Å². The molecule has 2 aromatic carbocycles. The van der Waals surface area contributed by atoms with E-state index in [-0.39, 0.29) is 17.2 Å². The maximum absolute atomic E-state index is 13.9. The molecule has 0 aromatic heterocycles. The summed E-state index contributed by atoms with van der Waals surface area (Å²) in [4.78, 5) is 10.8. The van der Waals surface area contributed by atoms with E-state index < -0.39 is 11.6 Å². The molecule has 92 valence electrons. The van der Waals surface area contributed by atoms with Crippen molar-refractivity contribution in [2.45, 2.75) is 6.92 Å². The quantitative estimate of drug-likeness (QED) is 0.863. The summed E-state index contributed by atoms with van der Waals surface area (Å²) < 4.78 is 27.7. The van der Waals surface area contributed by atoms with Crippen molar-refractivity contribution in [3.05, 3.63) is 54.1 Å². The number of benzene rings is 2.